The maximum absolute atomic E-state index is 11.7. The number of aromatic amines is 1. The zero-order valence-electron chi connectivity index (χ0n) is 9.39. The van der Waals surface area contributed by atoms with Gasteiger partial charge in [-0.1, -0.05) is 0 Å². The minimum absolute atomic E-state index is 0.00500. The SMILES string of the molecule is Cc1[nH]ncc1S(=O)(=O)NCCNS(C)(=O)=O. The Kier molecular flexibility index (Phi) is 4.25. The molecule has 0 fully saturated rings. The van der Waals surface area contributed by atoms with E-state index in [1.807, 2.05) is 0 Å². The van der Waals surface area contributed by atoms with Crippen LogP contribution in [0, 0.1) is 6.92 Å². The van der Waals surface area contributed by atoms with Gasteiger partial charge in [-0.3, -0.25) is 5.10 Å². The van der Waals surface area contributed by atoms with Crippen molar-refractivity contribution in [3.63, 3.8) is 0 Å². The normalized spacial score (nSPS) is 12.8. The van der Waals surface area contributed by atoms with Gasteiger partial charge in [0.15, 0.2) is 0 Å². The van der Waals surface area contributed by atoms with Gasteiger partial charge >= 0.3 is 0 Å². The molecule has 0 aliphatic heterocycles. The summed E-state index contributed by atoms with van der Waals surface area (Å²) in [6.07, 6.45) is 2.20. The summed E-state index contributed by atoms with van der Waals surface area (Å²) in [5, 5.41) is 6.11. The fourth-order valence-electron chi connectivity index (χ4n) is 1.11. The smallest absolute Gasteiger partial charge is 0.243 e. The molecule has 0 unspecified atom stereocenters. The number of sulfonamides is 2. The molecule has 0 amide bonds. The molecule has 3 N–H and O–H groups in total. The molecule has 0 bridgehead atoms. The van der Waals surface area contributed by atoms with Gasteiger partial charge in [0, 0.05) is 13.1 Å². The number of aromatic nitrogens is 2. The van der Waals surface area contributed by atoms with Crippen molar-refractivity contribution in [2.75, 3.05) is 19.3 Å². The second-order valence-corrected chi connectivity index (χ2v) is 6.99. The van der Waals surface area contributed by atoms with Crippen LogP contribution in [-0.4, -0.2) is 46.4 Å². The molecule has 0 aliphatic carbocycles. The molecule has 1 rings (SSSR count). The second-order valence-electron chi connectivity index (χ2n) is 3.42. The number of H-pyrrole nitrogens is 1. The van der Waals surface area contributed by atoms with Gasteiger partial charge in [-0.25, -0.2) is 26.3 Å². The van der Waals surface area contributed by atoms with Gasteiger partial charge in [0.1, 0.15) is 4.90 Å². The van der Waals surface area contributed by atoms with E-state index in [1.165, 1.54) is 6.20 Å². The van der Waals surface area contributed by atoms with E-state index >= 15 is 0 Å². The van der Waals surface area contributed by atoms with Crippen molar-refractivity contribution in [2.24, 2.45) is 0 Å². The third kappa shape index (κ3) is 4.42. The zero-order chi connectivity index (χ0) is 13.1. The number of hydrogen-bond acceptors (Lipinski definition) is 5. The molecule has 0 spiro atoms. The van der Waals surface area contributed by atoms with E-state index in [4.69, 9.17) is 0 Å². The van der Waals surface area contributed by atoms with E-state index in [0.29, 0.717) is 5.69 Å². The summed E-state index contributed by atoms with van der Waals surface area (Å²) in [6.45, 7) is 1.55. The van der Waals surface area contributed by atoms with Crippen molar-refractivity contribution < 1.29 is 16.8 Å². The highest BCUT2D eigenvalue weighted by Gasteiger charge is 2.17. The van der Waals surface area contributed by atoms with Gasteiger partial charge < -0.3 is 0 Å². The molecule has 8 nitrogen and oxygen atoms in total. The first-order chi connectivity index (χ1) is 7.72. The number of hydrogen-bond donors (Lipinski definition) is 3. The van der Waals surface area contributed by atoms with Crippen LogP contribution < -0.4 is 9.44 Å². The lowest BCUT2D eigenvalue weighted by Gasteiger charge is -2.05. The van der Waals surface area contributed by atoms with Gasteiger partial charge in [0.2, 0.25) is 20.0 Å². The molecule has 0 atom stereocenters. The maximum Gasteiger partial charge on any atom is 0.243 e. The van der Waals surface area contributed by atoms with Crippen molar-refractivity contribution in [3.05, 3.63) is 11.9 Å². The average molecular weight is 282 g/mol. The first kappa shape index (κ1) is 14.1. The van der Waals surface area contributed by atoms with E-state index in [-0.39, 0.29) is 18.0 Å². The summed E-state index contributed by atoms with van der Waals surface area (Å²) in [4.78, 5) is 0.0526. The zero-order valence-corrected chi connectivity index (χ0v) is 11.0. The van der Waals surface area contributed by atoms with E-state index in [2.05, 4.69) is 19.6 Å². The molecule has 0 aliphatic rings. The molecule has 1 heterocycles. The van der Waals surface area contributed by atoms with Crippen LogP contribution >= 0.6 is 0 Å². The van der Waals surface area contributed by atoms with Crippen LogP contribution in [0.1, 0.15) is 5.69 Å². The monoisotopic (exact) mass is 282 g/mol. The van der Waals surface area contributed by atoms with Crippen molar-refractivity contribution in [1.29, 1.82) is 0 Å². The minimum Gasteiger partial charge on any atom is -0.281 e. The summed E-state index contributed by atoms with van der Waals surface area (Å²) >= 11 is 0. The lowest BCUT2D eigenvalue weighted by Crippen LogP contribution is -2.34. The maximum atomic E-state index is 11.7. The predicted octanol–water partition coefficient (Wildman–Crippen LogP) is -1.45. The van der Waals surface area contributed by atoms with E-state index in [0.717, 1.165) is 6.26 Å². The van der Waals surface area contributed by atoms with Crippen LogP contribution in [0.5, 0.6) is 0 Å². The van der Waals surface area contributed by atoms with Crippen LogP contribution in [0.3, 0.4) is 0 Å². The Labute approximate surface area is 99.9 Å². The van der Waals surface area contributed by atoms with Crippen molar-refractivity contribution >= 4 is 20.0 Å². The molecular weight excluding hydrogens is 268 g/mol. The van der Waals surface area contributed by atoms with Gasteiger partial charge in [0.25, 0.3) is 0 Å². The fraction of sp³-hybridized carbons (Fsp3) is 0.571. The summed E-state index contributed by atoms with van der Waals surface area (Å²) in [7, 11) is -6.95. The van der Waals surface area contributed by atoms with E-state index in [1.54, 1.807) is 6.92 Å². The third-order valence-electron chi connectivity index (χ3n) is 1.85. The van der Waals surface area contributed by atoms with Gasteiger partial charge in [0.05, 0.1) is 18.1 Å². The van der Waals surface area contributed by atoms with Gasteiger partial charge in [-0.05, 0) is 6.92 Å². The molecule has 17 heavy (non-hydrogen) atoms. The van der Waals surface area contributed by atoms with Crippen LogP contribution in [0.25, 0.3) is 0 Å². The molecule has 98 valence electrons. The number of nitrogens with zero attached hydrogens (tertiary/aromatic N) is 1. The van der Waals surface area contributed by atoms with Crippen LogP contribution in [0.15, 0.2) is 11.1 Å². The Hall–Kier alpha value is -0.970. The molecular formula is C7H14N4O4S2. The highest BCUT2D eigenvalue weighted by molar-refractivity contribution is 7.89. The van der Waals surface area contributed by atoms with E-state index in [9.17, 15) is 16.8 Å². The second kappa shape index (κ2) is 5.12. The van der Waals surface area contributed by atoms with Crippen LogP contribution in [-0.2, 0) is 20.0 Å². The van der Waals surface area contributed by atoms with Crippen molar-refractivity contribution in [2.45, 2.75) is 11.8 Å². The first-order valence-corrected chi connectivity index (χ1v) is 8.04. The minimum atomic E-state index is -3.64. The average Bonchev–Trinajstić information content (AvgIpc) is 2.58. The largest absolute Gasteiger partial charge is 0.281 e. The number of aryl methyl sites for hydroxylation is 1. The molecule has 1 aromatic rings. The highest BCUT2D eigenvalue weighted by Crippen LogP contribution is 2.09. The van der Waals surface area contributed by atoms with Crippen molar-refractivity contribution in [3.8, 4) is 0 Å². The molecule has 0 aromatic carbocycles. The quantitative estimate of drug-likeness (QED) is 0.551. The van der Waals surface area contributed by atoms with Gasteiger partial charge in [-0.15, -0.1) is 0 Å². The molecule has 0 saturated carbocycles. The topological polar surface area (TPSA) is 121 Å². The first-order valence-electron chi connectivity index (χ1n) is 4.66. The van der Waals surface area contributed by atoms with Crippen molar-refractivity contribution in [1.82, 2.24) is 19.6 Å². The lowest BCUT2D eigenvalue weighted by atomic mass is 10.5. The number of nitrogens with one attached hydrogen (secondary N) is 3. The summed E-state index contributed by atoms with van der Waals surface area (Å²) in [6, 6.07) is 0. The molecule has 0 saturated heterocycles. The summed E-state index contributed by atoms with van der Waals surface area (Å²) in [5.74, 6) is 0. The number of rotatable bonds is 6. The Morgan fingerprint density at radius 2 is 1.82 bits per heavy atom. The molecule has 10 heteroatoms. The Balaban J connectivity index is 2.55. The van der Waals surface area contributed by atoms with E-state index < -0.39 is 20.0 Å². The Morgan fingerprint density at radius 3 is 2.29 bits per heavy atom. The summed E-state index contributed by atoms with van der Waals surface area (Å²) < 4.78 is 49.3. The summed E-state index contributed by atoms with van der Waals surface area (Å²) in [5.41, 5.74) is 0.425. The lowest BCUT2D eigenvalue weighted by molar-refractivity contribution is 0.573. The van der Waals surface area contributed by atoms with Gasteiger partial charge in [-0.2, -0.15) is 5.10 Å². The van der Waals surface area contributed by atoms with Crippen LogP contribution in [0.4, 0.5) is 0 Å². The van der Waals surface area contributed by atoms with Crippen LogP contribution in [0.2, 0.25) is 0 Å². The standard InChI is InChI=1S/C7H14N4O4S2/c1-6-7(5-8-11-6)17(14,15)10-4-3-9-16(2,12)13/h5,9-10H,3-4H2,1-2H3,(H,8,11). The molecule has 1 aromatic heterocycles. The molecule has 0 radical (unpaired) electrons. The Bertz CT molecular complexity index is 575. The third-order valence-corrected chi connectivity index (χ3v) is 4.16. The fourth-order valence-corrected chi connectivity index (χ4v) is 2.75. The predicted molar refractivity (Wildman–Crippen MR) is 61.4 cm³/mol. The Morgan fingerprint density at radius 1 is 1.24 bits per heavy atom. The highest BCUT2D eigenvalue weighted by atomic mass is 32.2.